The van der Waals surface area contributed by atoms with Crippen molar-refractivity contribution in [2.45, 2.75) is 12.5 Å². The second kappa shape index (κ2) is 8.09. The maximum atomic E-state index is 12.8. The van der Waals surface area contributed by atoms with Crippen molar-refractivity contribution in [3.63, 3.8) is 0 Å². The Morgan fingerprint density at radius 1 is 1.22 bits per heavy atom. The number of carboxylic acid groups (broad SMARTS) is 1. The number of anilines is 1. The van der Waals surface area contributed by atoms with Gasteiger partial charge < -0.3 is 15.7 Å². The zero-order valence-electron chi connectivity index (χ0n) is 14.3. The Labute approximate surface area is 160 Å². The fraction of sp³-hybridized carbons (Fsp3) is 0.211. The van der Waals surface area contributed by atoms with Crippen LogP contribution in [0.1, 0.15) is 28.4 Å². The molecule has 2 aromatic rings. The molecule has 2 aromatic carbocycles. The molecule has 0 saturated carbocycles. The van der Waals surface area contributed by atoms with Crippen molar-refractivity contribution >= 4 is 35.2 Å². The molecule has 27 heavy (non-hydrogen) atoms. The first-order valence-corrected chi connectivity index (χ1v) is 8.76. The van der Waals surface area contributed by atoms with Crippen molar-refractivity contribution in [3.05, 3.63) is 64.7 Å². The number of benzene rings is 2. The van der Waals surface area contributed by atoms with Crippen molar-refractivity contribution in [1.82, 2.24) is 10.6 Å². The first-order chi connectivity index (χ1) is 13.0. The van der Waals surface area contributed by atoms with E-state index in [4.69, 9.17) is 11.6 Å². The number of carboxylic acids is 1. The lowest BCUT2D eigenvalue weighted by molar-refractivity contribution is -0.137. The molecule has 1 unspecified atom stereocenters. The minimum absolute atomic E-state index is 0.181. The Balaban J connectivity index is 1.85. The summed E-state index contributed by atoms with van der Waals surface area (Å²) in [5.74, 6) is -1.53. The van der Waals surface area contributed by atoms with Gasteiger partial charge in [-0.3, -0.25) is 14.5 Å². The molecular weight excluding hydrogens is 370 g/mol. The summed E-state index contributed by atoms with van der Waals surface area (Å²) >= 11 is 6.17. The Kier molecular flexibility index (Phi) is 5.61. The van der Waals surface area contributed by atoms with Crippen LogP contribution in [0.25, 0.3) is 0 Å². The topological polar surface area (TPSA) is 98.7 Å². The van der Waals surface area contributed by atoms with E-state index >= 15 is 0 Å². The number of nitrogens with one attached hydrogen (secondary N) is 2. The van der Waals surface area contributed by atoms with Crippen molar-refractivity contribution in [3.8, 4) is 0 Å². The summed E-state index contributed by atoms with van der Waals surface area (Å²) < 4.78 is 0. The number of rotatable bonds is 6. The van der Waals surface area contributed by atoms with Crippen LogP contribution in [0.15, 0.2) is 48.5 Å². The van der Waals surface area contributed by atoms with Crippen LogP contribution in [-0.4, -0.2) is 36.1 Å². The van der Waals surface area contributed by atoms with Crippen LogP contribution in [-0.2, 0) is 4.79 Å². The summed E-state index contributed by atoms with van der Waals surface area (Å²) in [5, 5.41) is 14.8. The van der Waals surface area contributed by atoms with Crippen molar-refractivity contribution in [2.24, 2.45) is 0 Å². The Morgan fingerprint density at radius 3 is 2.59 bits per heavy atom. The van der Waals surface area contributed by atoms with Crippen LogP contribution < -0.4 is 15.5 Å². The molecule has 1 saturated heterocycles. The highest BCUT2D eigenvalue weighted by Crippen LogP contribution is 2.26. The summed E-state index contributed by atoms with van der Waals surface area (Å²) in [7, 11) is 0. The summed E-state index contributed by atoms with van der Waals surface area (Å²) in [6.45, 7) is 1.02. The van der Waals surface area contributed by atoms with Crippen LogP contribution in [0.3, 0.4) is 0 Å². The van der Waals surface area contributed by atoms with E-state index in [1.54, 1.807) is 36.4 Å². The third-order valence-corrected chi connectivity index (χ3v) is 4.58. The predicted molar refractivity (Wildman–Crippen MR) is 101 cm³/mol. The van der Waals surface area contributed by atoms with E-state index in [2.05, 4.69) is 10.6 Å². The molecule has 1 fully saturated rings. The van der Waals surface area contributed by atoms with Crippen LogP contribution in [0.4, 0.5) is 10.5 Å². The molecule has 1 atom stereocenters. The fourth-order valence-corrected chi connectivity index (χ4v) is 3.12. The zero-order chi connectivity index (χ0) is 19.4. The van der Waals surface area contributed by atoms with E-state index in [0.29, 0.717) is 24.3 Å². The molecule has 0 bridgehead atoms. The summed E-state index contributed by atoms with van der Waals surface area (Å²) in [6.07, 6.45) is -0.262. The molecule has 8 heteroatoms. The average Bonchev–Trinajstić information content (AvgIpc) is 3.08. The molecule has 0 radical (unpaired) electrons. The predicted octanol–water partition coefficient (Wildman–Crippen LogP) is 2.82. The molecule has 140 valence electrons. The van der Waals surface area contributed by atoms with Crippen LogP contribution in [0, 0.1) is 0 Å². The molecule has 0 aliphatic carbocycles. The van der Waals surface area contributed by atoms with Gasteiger partial charge in [-0.2, -0.15) is 0 Å². The Hall–Kier alpha value is -3.06. The lowest BCUT2D eigenvalue weighted by Crippen LogP contribution is -2.31. The van der Waals surface area contributed by atoms with Crippen LogP contribution in [0.2, 0.25) is 5.02 Å². The van der Waals surface area contributed by atoms with Crippen molar-refractivity contribution in [2.75, 3.05) is 18.0 Å². The molecule has 0 spiro atoms. The Bertz CT molecular complexity index is 873. The molecule has 0 aromatic heterocycles. The number of carbonyl (C=O) groups is 3. The number of halogens is 1. The van der Waals surface area contributed by atoms with E-state index in [1.807, 2.05) is 6.07 Å². The number of hydrogen-bond acceptors (Lipinski definition) is 3. The van der Waals surface area contributed by atoms with Gasteiger partial charge in [0, 0.05) is 18.8 Å². The number of amides is 3. The fourth-order valence-electron chi connectivity index (χ4n) is 2.92. The SMILES string of the molecule is O=C(O)CC(NC(=O)c1cc(N2CCNC2=O)ccc1Cl)c1ccccc1. The molecule has 3 amide bonds. The van der Waals surface area contributed by atoms with Crippen LogP contribution >= 0.6 is 11.6 Å². The second-order valence-corrected chi connectivity index (χ2v) is 6.49. The van der Waals surface area contributed by atoms with Gasteiger partial charge in [0.2, 0.25) is 0 Å². The van der Waals surface area contributed by atoms with Gasteiger partial charge in [-0.15, -0.1) is 0 Å². The highest BCUT2D eigenvalue weighted by atomic mass is 35.5. The number of nitrogens with zero attached hydrogens (tertiary/aromatic N) is 1. The Morgan fingerprint density at radius 2 is 1.96 bits per heavy atom. The molecule has 7 nitrogen and oxygen atoms in total. The van der Waals surface area contributed by atoms with E-state index in [1.165, 1.54) is 11.0 Å². The van der Waals surface area contributed by atoms with Gasteiger partial charge in [-0.1, -0.05) is 41.9 Å². The normalized spacial score (nSPS) is 14.6. The van der Waals surface area contributed by atoms with Gasteiger partial charge in [0.1, 0.15) is 0 Å². The number of hydrogen-bond donors (Lipinski definition) is 3. The van der Waals surface area contributed by atoms with Gasteiger partial charge >= 0.3 is 12.0 Å². The van der Waals surface area contributed by atoms with Crippen molar-refractivity contribution in [1.29, 1.82) is 0 Å². The first-order valence-electron chi connectivity index (χ1n) is 8.38. The molecule has 3 rings (SSSR count). The van der Waals surface area contributed by atoms with E-state index in [9.17, 15) is 19.5 Å². The second-order valence-electron chi connectivity index (χ2n) is 6.08. The highest BCUT2D eigenvalue weighted by molar-refractivity contribution is 6.34. The molecular formula is C19H18ClN3O4. The maximum absolute atomic E-state index is 12.8. The minimum atomic E-state index is -1.03. The van der Waals surface area contributed by atoms with E-state index in [-0.39, 0.29) is 23.0 Å². The van der Waals surface area contributed by atoms with E-state index in [0.717, 1.165) is 0 Å². The molecule has 3 N–H and O–H groups in total. The third-order valence-electron chi connectivity index (χ3n) is 4.25. The number of urea groups is 1. The van der Waals surface area contributed by atoms with Gasteiger partial charge in [0.05, 0.1) is 23.0 Å². The average molecular weight is 388 g/mol. The van der Waals surface area contributed by atoms with E-state index < -0.39 is 17.9 Å². The van der Waals surface area contributed by atoms with Crippen molar-refractivity contribution < 1.29 is 19.5 Å². The quantitative estimate of drug-likeness (QED) is 0.709. The third kappa shape index (κ3) is 4.38. The summed E-state index contributed by atoms with van der Waals surface area (Å²) in [4.78, 5) is 37.3. The largest absolute Gasteiger partial charge is 0.481 e. The van der Waals surface area contributed by atoms with Gasteiger partial charge in [-0.25, -0.2) is 4.79 Å². The summed E-state index contributed by atoms with van der Waals surface area (Å²) in [6, 6.07) is 12.7. The number of carbonyl (C=O) groups excluding carboxylic acids is 2. The molecule has 1 aliphatic heterocycles. The number of aliphatic carboxylic acids is 1. The molecule has 1 aliphatic rings. The lowest BCUT2D eigenvalue weighted by Gasteiger charge is -2.19. The van der Waals surface area contributed by atoms with Gasteiger partial charge in [0.25, 0.3) is 5.91 Å². The van der Waals surface area contributed by atoms with Gasteiger partial charge in [0.15, 0.2) is 0 Å². The van der Waals surface area contributed by atoms with Gasteiger partial charge in [-0.05, 0) is 23.8 Å². The maximum Gasteiger partial charge on any atom is 0.321 e. The minimum Gasteiger partial charge on any atom is -0.481 e. The standard InChI is InChI=1S/C19H18ClN3O4/c20-15-7-6-13(23-9-8-21-19(23)27)10-14(15)18(26)22-16(11-17(24)25)12-4-2-1-3-5-12/h1-7,10,16H,8-9,11H2,(H,21,27)(H,22,26)(H,24,25). The van der Waals surface area contributed by atoms with Crippen LogP contribution in [0.5, 0.6) is 0 Å². The monoisotopic (exact) mass is 387 g/mol. The zero-order valence-corrected chi connectivity index (χ0v) is 15.1. The summed E-state index contributed by atoms with van der Waals surface area (Å²) in [5.41, 5.74) is 1.41. The molecule has 1 heterocycles. The lowest BCUT2D eigenvalue weighted by atomic mass is 10.0. The first kappa shape index (κ1) is 18.7. The smallest absolute Gasteiger partial charge is 0.321 e. The highest BCUT2D eigenvalue weighted by Gasteiger charge is 2.24.